The molecule has 2 N–H and O–H groups in total. The second-order valence-corrected chi connectivity index (χ2v) is 8.19. The van der Waals surface area contributed by atoms with Gasteiger partial charge in [0, 0.05) is 5.41 Å². The third kappa shape index (κ3) is 1.49. The van der Waals surface area contributed by atoms with E-state index in [0.717, 1.165) is 6.42 Å². The number of fused-ring (bicyclic) bond motifs is 2. The Kier molecular flexibility index (Phi) is 2.93. The van der Waals surface area contributed by atoms with Crippen LogP contribution in [-0.2, 0) is 0 Å². The topological polar surface area (TPSA) is 29.3 Å². The van der Waals surface area contributed by atoms with Gasteiger partial charge in [-0.25, -0.2) is 5.84 Å². The van der Waals surface area contributed by atoms with Crippen molar-refractivity contribution >= 4 is 0 Å². The van der Waals surface area contributed by atoms with Gasteiger partial charge in [-0.15, -0.1) is 0 Å². The summed E-state index contributed by atoms with van der Waals surface area (Å²) in [6.45, 7) is 12.1. The number of hydrazine groups is 1. The second-order valence-electron chi connectivity index (χ2n) is 8.19. The zero-order chi connectivity index (χ0) is 14.8. The molecule has 0 radical (unpaired) electrons. The van der Waals surface area contributed by atoms with Gasteiger partial charge in [0.25, 0.3) is 0 Å². The van der Waals surface area contributed by atoms with Crippen molar-refractivity contribution in [3.8, 4) is 0 Å². The average Bonchev–Trinajstić information content (AvgIpc) is 2.40. The molecule has 3 atom stereocenters. The van der Waals surface area contributed by atoms with Gasteiger partial charge in [0.2, 0.25) is 0 Å². The van der Waals surface area contributed by atoms with Crippen molar-refractivity contribution < 1.29 is 0 Å². The minimum atomic E-state index is 0.0818. The highest BCUT2D eigenvalue weighted by atomic mass is 15.5. The summed E-state index contributed by atoms with van der Waals surface area (Å²) < 4.78 is 0. The molecule has 2 fully saturated rings. The van der Waals surface area contributed by atoms with Crippen molar-refractivity contribution in [2.45, 2.75) is 72.3 Å². The van der Waals surface area contributed by atoms with Gasteiger partial charge in [-0.1, -0.05) is 52.7 Å². The first-order valence-corrected chi connectivity index (χ1v) is 8.22. The van der Waals surface area contributed by atoms with Gasteiger partial charge in [0.1, 0.15) is 0 Å². The summed E-state index contributed by atoms with van der Waals surface area (Å²) in [5, 5.41) is 2.13. The van der Waals surface area contributed by atoms with Crippen molar-refractivity contribution in [2.75, 3.05) is 0 Å². The smallest absolute Gasteiger partial charge is 0.0594 e. The van der Waals surface area contributed by atoms with Gasteiger partial charge in [0.15, 0.2) is 0 Å². The van der Waals surface area contributed by atoms with E-state index < -0.39 is 0 Å². The molecule has 0 aromatic heterocycles. The van der Waals surface area contributed by atoms with Crippen molar-refractivity contribution in [1.82, 2.24) is 5.01 Å². The van der Waals surface area contributed by atoms with Crippen LogP contribution in [0.15, 0.2) is 23.4 Å². The quantitative estimate of drug-likeness (QED) is 0.664. The van der Waals surface area contributed by atoms with Gasteiger partial charge in [-0.3, -0.25) is 0 Å². The van der Waals surface area contributed by atoms with Crippen LogP contribution in [0.1, 0.15) is 66.7 Å². The Hall–Kier alpha value is -0.760. The molecule has 2 aliphatic carbocycles. The molecule has 1 saturated carbocycles. The van der Waals surface area contributed by atoms with Crippen molar-refractivity contribution in [3.63, 3.8) is 0 Å². The third-order valence-corrected chi connectivity index (χ3v) is 7.03. The maximum absolute atomic E-state index is 6.65. The van der Waals surface area contributed by atoms with Gasteiger partial charge >= 0.3 is 0 Å². The van der Waals surface area contributed by atoms with Crippen LogP contribution in [0.4, 0.5) is 0 Å². The van der Waals surface area contributed by atoms with E-state index in [4.69, 9.17) is 5.84 Å². The van der Waals surface area contributed by atoms with E-state index >= 15 is 0 Å². The molecule has 1 saturated heterocycles. The zero-order valence-corrected chi connectivity index (χ0v) is 13.8. The SMILES string of the molecule is CC1C=C2C(=CC1)N(N)C1(C)CCCCC1(C)C2(C)C. The fraction of sp³-hybridized carbons (Fsp3) is 0.778. The highest BCUT2D eigenvalue weighted by molar-refractivity contribution is 5.45. The zero-order valence-electron chi connectivity index (χ0n) is 13.8. The van der Waals surface area contributed by atoms with E-state index in [1.807, 2.05) is 0 Å². The molecule has 3 unspecified atom stereocenters. The fourth-order valence-corrected chi connectivity index (χ4v) is 5.03. The van der Waals surface area contributed by atoms with E-state index in [9.17, 15) is 0 Å². The first-order valence-electron chi connectivity index (χ1n) is 8.22. The van der Waals surface area contributed by atoms with Gasteiger partial charge in [-0.2, -0.15) is 0 Å². The minimum absolute atomic E-state index is 0.0818. The lowest BCUT2D eigenvalue weighted by molar-refractivity contribution is -0.111. The summed E-state index contributed by atoms with van der Waals surface area (Å²) in [5.74, 6) is 7.29. The number of piperidine rings is 1. The number of allylic oxidation sites excluding steroid dienone is 3. The molecule has 1 heterocycles. The molecule has 0 amide bonds. The summed E-state index contributed by atoms with van der Waals surface area (Å²) in [4.78, 5) is 0. The summed E-state index contributed by atoms with van der Waals surface area (Å²) in [7, 11) is 0. The molecule has 0 aromatic rings. The molecule has 0 spiro atoms. The Morgan fingerprint density at radius 1 is 1.15 bits per heavy atom. The first kappa shape index (κ1) is 14.2. The Balaban J connectivity index is 2.19. The third-order valence-electron chi connectivity index (χ3n) is 7.03. The van der Waals surface area contributed by atoms with Crippen LogP contribution in [0.2, 0.25) is 0 Å². The number of nitrogens with zero attached hydrogens (tertiary/aromatic N) is 1. The highest BCUT2D eigenvalue weighted by Crippen LogP contribution is 2.65. The number of hydrogen-bond donors (Lipinski definition) is 1. The van der Waals surface area contributed by atoms with Crippen LogP contribution in [0.25, 0.3) is 0 Å². The van der Waals surface area contributed by atoms with Crippen molar-refractivity contribution in [3.05, 3.63) is 23.4 Å². The predicted octanol–water partition coefficient (Wildman–Crippen LogP) is 4.39. The molecule has 2 nitrogen and oxygen atoms in total. The normalized spacial score (nSPS) is 43.3. The van der Waals surface area contributed by atoms with E-state index in [2.05, 4.69) is 51.8 Å². The number of rotatable bonds is 0. The first-order chi connectivity index (χ1) is 9.24. The van der Waals surface area contributed by atoms with Crippen LogP contribution in [-0.4, -0.2) is 10.5 Å². The lowest BCUT2D eigenvalue weighted by Gasteiger charge is -2.67. The summed E-state index contributed by atoms with van der Waals surface area (Å²) in [6, 6.07) is 0. The maximum Gasteiger partial charge on any atom is 0.0594 e. The molecule has 3 aliphatic rings. The monoisotopic (exact) mass is 274 g/mol. The van der Waals surface area contributed by atoms with Crippen molar-refractivity contribution in [1.29, 1.82) is 0 Å². The Labute approximate surface area is 124 Å². The van der Waals surface area contributed by atoms with Gasteiger partial charge < -0.3 is 5.01 Å². The van der Waals surface area contributed by atoms with E-state index in [0.29, 0.717) is 5.92 Å². The number of hydrogen-bond acceptors (Lipinski definition) is 2. The highest BCUT2D eigenvalue weighted by Gasteiger charge is 2.62. The molecular formula is C18H30N2. The molecule has 3 rings (SSSR count). The molecule has 112 valence electrons. The fourth-order valence-electron chi connectivity index (χ4n) is 5.03. The predicted molar refractivity (Wildman–Crippen MR) is 84.7 cm³/mol. The largest absolute Gasteiger partial charge is 0.305 e. The maximum atomic E-state index is 6.65. The van der Waals surface area contributed by atoms with Crippen LogP contribution in [0.3, 0.4) is 0 Å². The Bertz CT molecular complexity index is 488. The molecule has 0 bridgehead atoms. The molecule has 1 aliphatic heterocycles. The summed E-state index contributed by atoms with van der Waals surface area (Å²) >= 11 is 0. The Morgan fingerprint density at radius 2 is 1.80 bits per heavy atom. The second kappa shape index (κ2) is 4.13. The van der Waals surface area contributed by atoms with E-state index in [1.165, 1.54) is 37.0 Å². The van der Waals surface area contributed by atoms with Gasteiger partial charge in [0.05, 0.1) is 11.2 Å². The van der Waals surface area contributed by atoms with Crippen LogP contribution < -0.4 is 5.84 Å². The lowest BCUT2D eigenvalue weighted by Crippen LogP contribution is -2.69. The standard InChI is InChI=1S/C18H30N2/c1-13-8-9-15-14(12-13)16(2,3)17(4)10-6-7-11-18(17,5)20(15)19/h9,12-13H,6-8,10-11,19H2,1-5H3. The Morgan fingerprint density at radius 3 is 2.50 bits per heavy atom. The van der Waals surface area contributed by atoms with Crippen LogP contribution in [0, 0.1) is 16.7 Å². The molecule has 2 heteroatoms. The van der Waals surface area contributed by atoms with E-state index in [1.54, 1.807) is 0 Å². The average molecular weight is 274 g/mol. The van der Waals surface area contributed by atoms with E-state index in [-0.39, 0.29) is 16.4 Å². The summed E-state index contributed by atoms with van der Waals surface area (Å²) in [5.41, 5.74) is 3.31. The number of nitrogens with two attached hydrogens (primary N) is 1. The van der Waals surface area contributed by atoms with Crippen LogP contribution in [0.5, 0.6) is 0 Å². The molecule has 20 heavy (non-hydrogen) atoms. The minimum Gasteiger partial charge on any atom is -0.305 e. The molecule has 0 aromatic carbocycles. The van der Waals surface area contributed by atoms with Crippen LogP contribution >= 0.6 is 0 Å². The summed E-state index contributed by atoms with van der Waals surface area (Å²) in [6.07, 6.45) is 11.1. The van der Waals surface area contributed by atoms with Crippen molar-refractivity contribution in [2.24, 2.45) is 22.6 Å². The lowest BCUT2D eigenvalue weighted by atomic mass is 9.46. The van der Waals surface area contributed by atoms with Gasteiger partial charge in [-0.05, 0) is 43.1 Å². The molecular weight excluding hydrogens is 244 g/mol.